The number of aromatic amines is 1. The molecule has 0 amide bonds. The van der Waals surface area contributed by atoms with Crippen molar-refractivity contribution in [2.75, 3.05) is 6.54 Å². The minimum absolute atomic E-state index is 0.626. The van der Waals surface area contributed by atoms with Gasteiger partial charge in [0.05, 0.1) is 5.69 Å². The highest BCUT2D eigenvalue weighted by Gasteiger charge is 2.09. The Morgan fingerprint density at radius 2 is 2.12 bits per heavy atom. The van der Waals surface area contributed by atoms with Gasteiger partial charge in [0.2, 0.25) is 0 Å². The maximum absolute atomic E-state index is 5.54. The number of nitrogens with one attached hydrogen (secondary N) is 1. The van der Waals surface area contributed by atoms with Crippen molar-refractivity contribution in [2.24, 2.45) is 5.73 Å². The highest BCUT2D eigenvalue weighted by atomic mass is 79.9. The monoisotopic (exact) mass is 279 g/mol. The molecule has 0 radical (unpaired) electrons. The van der Waals surface area contributed by atoms with E-state index in [4.69, 9.17) is 5.73 Å². The van der Waals surface area contributed by atoms with Crippen molar-refractivity contribution < 1.29 is 0 Å². The number of hydrogen-bond acceptors (Lipinski definition) is 2. The summed E-state index contributed by atoms with van der Waals surface area (Å²) in [5.74, 6) is 0.897. The average Bonchev–Trinajstić information content (AvgIpc) is 2.61. The number of rotatable bonds is 3. The zero-order chi connectivity index (χ0) is 11.5. The van der Waals surface area contributed by atoms with Crippen LogP contribution >= 0.6 is 15.9 Å². The first-order valence-corrected chi connectivity index (χ1v) is 6.02. The van der Waals surface area contributed by atoms with E-state index in [9.17, 15) is 0 Å². The topological polar surface area (TPSA) is 54.7 Å². The number of nitrogens with two attached hydrogens (primary N) is 1. The summed E-state index contributed by atoms with van der Waals surface area (Å²) in [7, 11) is 0. The molecule has 3 nitrogen and oxygen atoms in total. The third kappa shape index (κ3) is 2.18. The smallest absolute Gasteiger partial charge is 0.138 e. The molecule has 0 aliphatic rings. The molecule has 0 saturated heterocycles. The van der Waals surface area contributed by atoms with Gasteiger partial charge < -0.3 is 10.7 Å². The number of benzene rings is 1. The molecule has 84 valence electrons. The molecular weight excluding hydrogens is 266 g/mol. The van der Waals surface area contributed by atoms with Crippen LogP contribution in [0.4, 0.5) is 0 Å². The molecule has 0 atom stereocenters. The van der Waals surface area contributed by atoms with E-state index >= 15 is 0 Å². The van der Waals surface area contributed by atoms with Crippen LogP contribution in [-0.2, 0) is 6.42 Å². The summed E-state index contributed by atoms with van der Waals surface area (Å²) < 4.78 is 1.04. The Balaban J connectivity index is 2.42. The minimum Gasteiger partial charge on any atom is -0.342 e. The molecule has 0 fully saturated rings. The first kappa shape index (κ1) is 11.4. The summed E-state index contributed by atoms with van der Waals surface area (Å²) in [4.78, 5) is 7.85. The molecule has 0 bridgehead atoms. The van der Waals surface area contributed by atoms with Crippen molar-refractivity contribution in [3.05, 3.63) is 40.1 Å². The third-order valence-corrected chi connectivity index (χ3v) is 3.19. The van der Waals surface area contributed by atoms with E-state index in [0.717, 1.165) is 33.7 Å². The SMILES string of the molecule is Cc1[nH]c(-c2ccccc2Br)nc1CCN. The number of nitrogens with zero attached hydrogens (tertiary/aromatic N) is 1. The average molecular weight is 280 g/mol. The van der Waals surface area contributed by atoms with Crippen molar-refractivity contribution in [1.82, 2.24) is 9.97 Å². The molecule has 1 aromatic carbocycles. The van der Waals surface area contributed by atoms with Crippen LogP contribution in [0.3, 0.4) is 0 Å². The van der Waals surface area contributed by atoms with Gasteiger partial charge in [0.25, 0.3) is 0 Å². The normalized spacial score (nSPS) is 10.7. The number of H-pyrrole nitrogens is 1. The molecule has 0 unspecified atom stereocenters. The Morgan fingerprint density at radius 1 is 1.38 bits per heavy atom. The van der Waals surface area contributed by atoms with E-state index in [0.29, 0.717) is 6.54 Å². The van der Waals surface area contributed by atoms with Crippen LogP contribution in [-0.4, -0.2) is 16.5 Å². The van der Waals surface area contributed by atoms with E-state index in [1.807, 2.05) is 31.2 Å². The molecule has 2 aromatic rings. The van der Waals surface area contributed by atoms with Crippen molar-refractivity contribution in [3.8, 4) is 11.4 Å². The van der Waals surface area contributed by atoms with Gasteiger partial charge in [0.15, 0.2) is 0 Å². The van der Waals surface area contributed by atoms with Gasteiger partial charge in [-0.05, 0) is 19.5 Å². The third-order valence-electron chi connectivity index (χ3n) is 2.50. The zero-order valence-corrected chi connectivity index (χ0v) is 10.7. The van der Waals surface area contributed by atoms with Crippen molar-refractivity contribution in [1.29, 1.82) is 0 Å². The standard InChI is InChI=1S/C12H14BrN3/c1-8-11(6-7-14)16-12(15-8)9-4-2-3-5-10(9)13/h2-5H,6-7,14H2,1H3,(H,15,16). The van der Waals surface area contributed by atoms with Crippen LogP contribution in [0.5, 0.6) is 0 Å². The predicted molar refractivity (Wildman–Crippen MR) is 69.2 cm³/mol. The molecule has 16 heavy (non-hydrogen) atoms. The Labute approximate surface area is 103 Å². The Hall–Kier alpha value is -1.13. The van der Waals surface area contributed by atoms with Gasteiger partial charge in [-0.15, -0.1) is 0 Å². The van der Waals surface area contributed by atoms with Crippen LogP contribution in [0.2, 0.25) is 0 Å². The fourth-order valence-electron chi connectivity index (χ4n) is 1.66. The summed E-state index contributed by atoms with van der Waals surface area (Å²) in [5, 5.41) is 0. The Morgan fingerprint density at radius 3 is 2.81 bits per heavy atom. The zero-order valence-electron chi connectivity index (χ0n) is 9.13. The second kappa shape index (κ2) is 4.80. The second-order valence-corrected chi connectivity index (χ2v) is 4.53. The van der Waals surface area contributed by atoms with E-state index in [2.05, 4.69) is 25.9 Å². The highest BCUT2D eigenvalue weighted by molar-refractivity contribution is 9.10. The van der Waals surface area contributed by atoms with E-state index < -0.39 is 0 Å². The molecule has 2 rings (SSSR count). The summed E-state index contributed by atoms with van der Waals surface area (Å²) in [6, 6.07) is 8.04. The van der Waals surface area contributed by atoms with Crippen LogP contribution in [0.25, 0.3) is 11.4 Å². The van der Waals surface area contributed by atoms with Gasteiger partial charge in [0, 0.05) is 22.2 Å². The van der Waals surface area contributed by atoms with Crippen molar-refractivity contribution in [3.63, 3.8) is 0 Å². The first-order valence-electron chi connectivity index (χ1n) is 5.23. The summed E-state index contributed by atoms with van der Waals surface area (Å²) in [6.45, 7) is 2.65. The van der Waals surface area contributed by atoms with Crippen LogP contribution in [0, 0.1) is 6.92 Å². The first-order chi connectivity index (χ1) is 7.72. The van der Waals surface area contributed by atoms with Crippen LogP contribution < -0.4 is 5.73 Å². The fraction of sp³-hybridized carbons (Fsp3) is 0.250. The molecule has 0 saturated carbocycles. The highest BCUT2D eigenvalue weighted by Crippen LogP contribution is 2.26. The van der Waals surface area contributed by atoms with Gasteiger partial charge in [-0.3, -0.25) is 0 Å². The molecule has 0 aliphatic heterocycles. The molecule has 1 aromatic heterocycles. The van der Waals surface area contributed by atoms with Crippen molar-refractivity contribution in [2.45, 2.75) is 13.3 Å². The molecular formula is C12H14BrN3. The predicted octanol–water partition coefficient (Wildman–Crippen LogP) is 2.65. The lowest BCUT2D eigenvalue weighted by atomic mass is 10.2. The summed E-state index contributed by atoms with van der Waals surface area (Å²) >= 11 is 3.52. The molecule has 4 heteroatoms. The summed E-state index contributed by atoms with van der Waals surface area (Å²) in [5.41, 5.74) is 8.76. The molecule has 1 heterocycles. The van der Waals surface area contributed by atoms with Gasteiger partial charge in [-0.25, -0.2) is 4.98 Å². The lowest BCUT2D eigenvalue weighted by Gasteiger charge is -1.99. The molecule has 0 aliphatic carbocycles. The lowest BCUT2D eigenvalue weighted by molar-refractivity contribution is 0.924. The second-order valence-electron chi connectivity index (χ2n) is 3.68. The number of halogens is 1. The lowest BCUT2D eigenvalue weighted by Crippen LogP contribution is -2.03. The number of aromatic nitrogens is 2. The molecule has 0 spiro atoms. The Bertz CT molecular complexity index is 491. The number of hydrogen-bond donors (Lipinski definition) is 2. The summed E-state index contributed by atoms with van der Waals surface area (Å²) in [6.07, 6.45) is 0.812. The molecule has 3 N–H and O–H groups in total. The fourth-order valence-corrected chi connectivity index (χ4v) is 2.13. The van der Waals surface area contributed by atoms with Crippen LogP contribution in [0.15, 0.2) is 28.7 Å². The Kier molecular flexibility index (Phi) is 3.41. The maximum atomic E-state index is 5.54. The van der Waals surface area contributed by atoms with E-state index in [1.54, 1.807) is 0 Å². The van der Waals surface area contributed by atoms with Gasteiger partial charge in [0.1, 0.15) is 5.82 Å². The van der Waals surface area contributed by atoms with E-state index in [-0.39, 0.29) is 0 Å². The van der Waals surface area contributed by atoms with Gasteiger partial charge in [-0.2, -0.15) is 0 Å². The van der Waals surface area contributed by atoms with Gasteiger partial charge in [-0.1, -0.05) is 34.1 Å². The maximum Gasteiger partial charge on any atom is 0.138 e. The van der Waals surface area contributed by atoms with Gasteiger partial charge >= 0.3 is 0 Å². The largest absolute Gasteiger partial charge is 0.342 e. The quantitative estimate of drug-likeness (QED) is 0.908. The number of aryl methyl sites for hydroxylation is 1. The minimum atomic E-state index is 0.626. The number of imidazole rings is 1. The van der Waals surface area contributed by atoms with E-state index in [1.165, 1.54) is 0 Å². The van der Waals surface area contributed by atoms with Crippen molar-refractivity contribution >= 4 is 15.9 Å². The van der Waals surface area contributed by atoms with Crippen LogP contribution in [0.1, 0.15) is 11.4 Å².